The summed E-state index contributed by atoms with van der Waals surface area (Å²) in [6.45, 7) is 4.28. The number of benzene rings is 2. The standard InChI is InChI=1S/C18H23ClN2/c1-4-18(20)14-8-10-17(11-9-14)21(3)13(2)15-6-5-7-16(19)12-15/h5-13,18H,4,20H2,1-3H3/t13?,18-/m1/s1. The number of hydrogen-bond acceptors (Lipinski definition) is 2. The minimum atomic E-state index is 0.120. The van der Waals surface area contributed by atoms with Gasteiger partial charge in [-0.2, -0.15) is 0 Å². The SMILES string of the molecule is CC[C@@H](N)c1ccc(N(C)C(C)c2cccc(Cl)c2)cc1. The molecule has 2 atom stereocenters. The van der Waals surface area contributed by atoms with E-state index in [1.807, 2.05) is 18.2 Å². The van der Waals surface area contributed by atoms with E-state index >= 15 is 0 Å². The van der Waals surface area contributed by atoms with Gasteiger partial charge in [-0.25, -0.2) is 0 Å². The van der Waals surface area contributed by atoms with Gasteiger partial charge in [0.2, 0.25) is 0 Å². The number of anilines is 1. The summed E-state index contributed by atoms with van der Waals surface area (Å²) in [5.41, 5.74) is 9.63. The Kier molecular flexibility index (Phi) is 5.27. The summed E-state index contributed by atoms with van der Waals surface area (Å²) in [6.07, 6.45) is 0.952. The van der Waals surface area contributed by atoms with Crippen molar-refractivity contribution in [3.63, 3.8) is 0 Å². The van der Waals surface area contributed by atoms with Crippen molar-refractivity contribution in [2.45, 2.75) is 32.4 Å². The minimum Gasteiger partial charge on any atom is -0.368 e. The fourth-order valence-corrected chi connectivity index (χ4v) is 2.60. The van der Waals surface area contributed by atoms with Crippen molar-refractivity contribution in [3.8, 4) is 0 Å². The van der Waals surface area contributed by atoms with Crippen molar-refractivity contribution >= 4 is 17.3 Å². The zero-order valence-electron chi connectivity index (χ0n) is 12.9. The first-order valence-corrected chi connectivity index (χ1v) is 7.74. The third kappa shape index (κ3) is 3.78. The van der Waals surface area contributed by atoms with E-state index in [2.05, 4.69) is 56.1 Å². The summed E-state index contributed by atoms with van der Waals surface area (Å²) in [5, 5.41) is 0.775. The predicted octanol–water partition coefficient (Wildman–Crippen LogP) is 4.95. The van der Waals surface area contributed by atoms with E-state index < -0.39 is 0 Å². The Morgan fingerprint density at radius 1 is 1.10 bits per heavy atom. The van der Waals surface area contributed by atoms with Gasteiger partial charge in [0.1, 0.15) is 0 Å². The molecule has 0 aliphatic heterocycles. The van der Waals surface area contributed by atoms with Crippen molar-refractivity contribution in [2.75, 3.05) is 11.9 Å². The lowest BCUT2D eigenvalue weighted by Gasteiger charge is -2.28. The molecule has 2 aromatic rings. The highest BCUT2D eigenvalue weighted by Gasteiger charge is 2.13. The van der Waals surface area contributed by atoms with Crippen LogP contribution in [0.4, 0.5) is 5.69 Å². The quantitative estimate of drug-likeness (QED) is 0.847. The van der Waals surface area contributed by atoms with E-state index in [1.54, 1.807) is 0 Å². The number of nitrogens with zero attached hydrogens (tertiary/aromatic N) is 1. The smallest absolute Gasteiger partial charge is 0.0511 e. The molecule has 0 aromatic heterocycles. The maximum Gasteiger partial charge on any atom is 0.0511 e. The van der Waals surface area contributed by atoms with Gasteiger partial charge in [-0.15, -0.1) is 0 Å². The summed E-state index contributed by atoms with van der Waals surface area (Å²) >= 11 is 6.08. The Labute approximate surface area is 132 Å². The Morgan fingerprint density at radius 2 is 1.76 bits per heavy atom. The molecule has 3 heteroatoms. The molecule has 21 heavy (non-hydrogen) atoms. The maximum absolute atomic E-state index is 6.08. The highest BCUT2D eigenvalue weighted by atomic mass is 35.5. The zero-order valence-corrected chi connectivity index (χ0v) is 13.6. The highest BCUT2D eigenvalue weighted by Crippen LogP contribution is 2.27. The molecule has 0 aliphatic rings. The normalized spacial score (nSPS) is 13.8. The van der Waals surface area contributed by atoms with Crippen molar-refractivity contribution in [1.82, 2.24) is 0 Å². The van der Waals surface area contributed by atoms with Crippen molar-refractivity contribution in [2.24, 2.45) is 5.73 Å². The molecule has 0 radical (unpaired) electrons. The second-order valence-corrected chi connectivity index (χ2v) is 5.88. The molecule has 0 spiro atoms. The van der Waals surface area contributed by atoms with Gasteiger partial charge in [-0.05, 0) is 48.7 Å². The molecule has 0 heterocycles. The largest absolute Gasteiger partial charge is 0.368 e. The lowest BCUT2D eigenvalue weighted by molar-refractivity contribution is 0.697. The monoisotopic (exact) mass is 302 g/mol. The summed E-state index contributed by atoms with van der Waals surface area (Å²) in [4.78, 5) is 2.24. The number of hydrogen-bond donors (Lipinski definition) is 1. The lowest BCUT2D eigenvalue weighted by atomic mass is 10.0. The molecule has 0 fully saturated rings. The van der Waals surface area contributed by atoms with Crippen LogP contribution < -0.4 is 10.6 Å². The number of rotatable bonds is 5. The van der Waals surface area contributed by atoms with Crippen LogP contribution in [0, 0.1) is 0 Å². The van der Waals surface area contributed by atoms with Gasteiger partial charge in [0.15, 0.2) is 0 Å². The number of halogens is 1. The van der Waals surface area contributed by atoms with Crippen molar-refractivity contribution in [1.29, 1.82) is 0 Å². The molecule has 2 N–H and O–H groups in total. The summed E-state index contributed by atoms with van der Waals surface area (Å²) < 4.78 is 0. The topological polar surface area (TPSA) is 29.3 Å². The van der Waals surface area contributed by atoms with Crippen LogP contribution in [-0.4, -0.2) is 7.05 Å². The number of nitrogens with two attached hydrogens (primary N) is 1. The second kappa shape index (κ2) is 6.97. The molecule has 0 saturated heterocycles. The molecule has 0 amide bonds. The molecular weight excluding hydrogens is 280 g/mol. The fraction of sp³-hybridized carbons (Fsp3) is 0.333. The van der Waals surface area contributed by atoms with E-state index in [1.165, 1.54) is 16.8 Å². The highest BCUT2D eigenvalue weighted by molar-refractivity contribution is 6.30. The van der Waals surface area contributed by atoms with Crippen LogP contribution in [-0.2, 0) is 0 Å². The van der Waals surface area contributed by atoms with Crippen LogP contribution in [0.5, 0.6) is 0 Å². The van der Waals surface area contributed by atoms with Crippen LogP contribution in [0.1, 0.15) is 43.5 Å². The van der Waals surface area contributed by atoms with Gasteiger partial charge in [-0.3, -0.25) is 0 Å². The Morgan fingerprint density at radius 3 is 2.33 bits per heavy atom. The molecule has 2 nitrogen and oxygen atoms in total. The Balaban J connectivity index is 2.17. The first-order chi connectivity index (χ1) is 10.0. The fourth-order valence-electron chi connectivity index (χ4n) is 2.41. The molecule has 0 bridgehead atoms. The Hall–Kier alpha value is -1.51. The lowest BCUT2D eigenvalue weighted by Crippen LogP contribution is -2.21. The third-order valence-corrected chi connectivity index (χ3v) is 4.32. The van der Waals surface area contributed by atoms with E-state index in [-0.39, 0.29) is 12.1 Å². The first-order valence-electron chi connectivity index (χ1n) is 7.36. The zero-order chi connectivity index (χ0) is 15.4. The average molecular weight is 303 g/mol. The average Bonchev–Trinajstić information content (AvgIpc) is 2.53. The molecule has 2 aromatic carbocycles. The van der Waals surface area contributed by atoms with Gasteiger partial charge < -0.3 is 10.6 Å². The molecule has 0 saturated carbocycles. The summed E-state index contributed by atoms with van der Waals surface area (Å²) in [7, 11) is 2.10. The van der Waals surface area contributed by atoms with E-state index in [0.717, 1.165) is 11.4 Å². The van der Waals surface area contributed by atoms with Crippen molar-refractivity contribution in [3.05, 3.63) is 64.7 Å². The molecule has 2 rings (SSSR count). The van der Waals surface area contributed by atoms with Gasteiger partial charge in [0.25, 0.3) is 0 Å². The van der Waals surface area contributed by atoms with Crippen LogP contribution >= 0.6 is 11.6 Å². The summed E-state index contributed by atoms with van der Waals surface area (Å²) in [5.74, 6) is 0. The van der Waals surface area contributed by atoms with Gasteiger partial charge in [0, 0.05) is 23.8 Å². The third-order valence-electron chi connectivity index (χ3n) is 4.08. The van der Waals surface area contributed by atoms with Crippen LogP contribution in [0.25, 0.3) is 0 Å². The van der Waals surface area contributed by atoms with Gasteiger partial charge in [-0.1, -0.05) is 42.8 Å². The van der Waals surface area contributed by atoms with Crippen LogP contribution in [0.3, 0.4) is 0 Å². The Bertz CT molecular complexity index is 580. The summed E-state index contributed by atoms with van der Waals surface area (Å²) in [6, 6.07) is 16.9. The van der Waals surface area contributed by atoms with Gasteiger partial charge in [0.05, 0.1) is 6.04 Å². The van der Waals surface area contributed by atoms with Crippen LogP contribution in [0.2, 0.25) is 5.02 Å². The maximum atomic E-state index is 6.08. The molecule has 0 aliphatic carbocycles. The van der Waals surface area contributed by atoms with Crippen molar-refractivity contribution < 1.29 is 0 Å². The van der Waals surface area contributed by atoms with Crippen LogP contribution in [0.15, 0.2) is 48.5 Å². The van der Waals surface area contributed by atoms with E-state index in [9.17, 15) is 0 Å². The van der Waals surface area contributed by atoms with Gasteiger partial charge >= 0.3 is 0 Å². The molecular formula is C18H23ClN2. The second-order valence-electron chi connectivity index (χ2n) is 5.45. The molecule has 112 valence electrons. The molecule has 1 unspecified atom stereocenters. The predicted molar refractivity (Wildman–Crippen MR) is 91.9 cm³/mol. The minimum absolute atomic E-state index is 0.120. The van der Waals surface area contributed by atoms with E-state index in [0.29, 0.717) is 0 Å². The first kappa shape index (κ1) is 15.9. The van der Waals surface area contributed by atoms with E-state index in [4.69, 9.17) is 17.3 Å².